The molecule has 5 rings (SSSR count). The molecule has 12 nitrogen and oxygen atoms in total. The van der Waals surface area contributed by atoms with Crippen LogP contribution in [0.5, 0.6) is 0 Å². The van der Waals surface area contributed by atoms with Crippen LogP contribution in [0.25, 0.3) is 0 Å². The first-order valence-electron chi connectivity index (χ1n) is 9.45. The first kappa shape index (κ1) is 25.9. The van der Waals surface area contributed by atoms with Crippen LogP contribution in [0.1, 0.15) is 52.4 Å². The quantitative estimate of drug-likeness (QED) is 0.311. The molecule has 4 heterocycles. The lowest BCUT2D eigenvalue weighted by Crippen LogP contribution is -2.19. The van der Waals surface area contributed by atoms with Gasteiger partial charge in [-0.1, -0.05) is 12.1 Å². The van der Waals surface area contributed by atoms with Gasteiger partial charge in [0.25, 0.3) is 11.8 Å². The Kier molecular flexibility index (Phi) is 9.31. The highest BCUT2D eigenvalue weighted by Gasteiger charge is 2.25. The van der Waals surface area contributed by atoms with Crippen LogP contribution >= 0.6 is 0 Å². The number of carboxylic acid groups (broad SMARTS) is 3. The Hall–Kier alpha value is -5.39. The highest BCUT2D eigenvalue weighted by Crippen LogP contribution is 2.13. The predicted molar refractivity (Wildman–Crippen MR) is 115 cm³/mol. The summed E-state index contributed by atoms with van der Waals surface area (Å²) in [7, 11) is 0. The van der Waals surface area contributed by atoms with Crippen molar-refractivity contribution < 1.29 is 52.5 Å². The molecule has 1 aromatic carbocycles. The largest absolute Gasteiger partial charge is 0.475 e. The normalized spacial score (nSPS) is 10.7. The summed E-state index contributed by atoms with van der Waals surface area (Å²) in [6, 6.07) is 15.5. The number of amides is 2. The number of furan rings is 3. The van der Waals surface area contributed by atoms with Crippen LogP contribution in [0.15, 0.2) is 92.7 Å². The van der Waals surface area contributed by atoms with Crippen molar-refractivity contribution in [1.82, 2.24) is 5.32 Å². The topological polar surface area (TPSA) is 197 Å². The number of hydrogen-bond donors (Lipinski definition) is 4. The standard InChI is InChI=1S/C8H5NO2.3C5H4O3/c10-7-5-3-1-2-4-6(5)8(11)9-7;3*6-5(7)4-2-1-3-8-4/h1-4H,(H,9,10,11);3*1-3H,(H,6,7). The highest BCUT2D eigenvalue weighted by molar-refractivity contribution is 6.21. The number of carbonyl (C=O) groups is 5. The van der Waals surface area contributed by atoms with E-state index < -0.39 is 17.9 Å². The number of aromatic carboxylic acids is 3. The van der Waals surface area contributed by atoms with E-state index in [-0.39, 0.29) is 29.1 Å². The van der Waals surface area contributed by atoms with Gasteiger partial charge in [0.05, 0.1) is 29.9 Å². The first-order valence-corrected chi connectivity index (χ1v) is 9.45. The summed E-state index contributed by atoms with van der Waals surface area (Å²) in [6.07, 6.45) is 3.97. The summed E-state index contributed by atoms with van der Waals surface area (Å²) in [4.78, 5) is 51.8. The molecule has 0 aliphatic carbocycles. The van der Waals surface area contributed by atoms with E-state index in [1.54, 1.807) is 24.3 Å². The molecule has 180 valence electrons. The lowest BCUT2D eigenvalue weighted by Gasteiger charge is -1.88. The average molecular weight is 483 g/mol. The Labute approximate surface area is 196 Å². The van der Waals surface area contributed by atoms with Crippen molar-refractivity contribution in [2.45, 2.75) is 0 Å². The van der Waals surface area contributed by atoms with Crippen LogP contribution in [-0.4, -0.2) is 45.0 Å². The van der Waals surface area contributed by atoms with E-state index in [1.165, 1.54) is 55.2 Å². The molecular formula is C23H17NO11. The fraction of sp³-hybridized carbons (Fsp3) is 0. The molecule has 0 saturated heterocycles. The van der Waals surface area contributed by atoms with E-state index in [2.05, 4.69) is 18.6 Å². The van der Waals surface area contributed by atoms with Gasteiger partial charge in [0, 0.05) is 0 Å². The molecule has 0 saturated carbocycles. The molecule has 1 aliphatic rings. The zero-order chi connectivity index (χ0) is 25.8. The van der Waals surface area contributed by atoms with Gasteiger partial charge in [0.2, 0.25) is 17.3 Å². The lowest BCUT2D eigenvalue weighted by molar-refractivity contribution is 0.0652. The van der Waals surface area contributed by atoms with Crippen LogP contribution in [0, 0.1) is 0 Å². The maximum absolute atomic E-state index is 10.9. The molecule has 35 heavy (non-hydrogen) atoms. The van der Waals surface area contributed by atoms with Gasteiger partial charge in [0.15, 0.2) is 0 Å². The molecule has 0 spiro atoms. The van der Waals surface area contributed by atoms with Crippen molar-refractivity contribution in [2.24, 2.45) is 0 Å². The Morgan fingerprint density at radius 2 is 0.857 bits per heavy atom. The molecule has 0 atom stereocenters. The summed E-state index contributed by atoms with van der Waals surface area (Å²) in [5.41, 5.74) is 0.940. The predicted octanol–water partition coefficient (Wildman–Crippen LogP) is 3.50. The molecule has 0 radical (unpaired) electrons. The van der Waals surface area contributed by atoms with Gasteiger partial charge in [-0.25, -0.2) is 14.4 Å². The van der Waals surface area contributed by atoms with E-state index in [9.17, 15) is 24.0 Å². The third kappa shape index (κ3) is 7.91. The summed E-state index contributed by atoms with van der Waals surface area (Å²) < 4.78 is 13.5. The molecule has 0 bridgehead atoms. The fourth-order valence-corrected chi connectivity index (χ4v) is 2.32. The van der Waals surface area contributed by atoms with E-state index in [0.717, 1.165) is 0 Å². The molecule has 4 aromatic rings. The monoisotopic (exact) mass is 483 g/mol. The van der Waals surface area contributed by atoms with E-state index >= 15 is 0 Å². The second-order valence-electron chi connectivity index (χ2n) is 6.18. The number of benzene rings is 1. The van der Waals surface area contributed by atoms with Crippen LogP contribution < -0.4 is 5.32 Å². The number of nitrogens with one attached hydrogen (secondary N) is 1. The number of carboxylic acids is 3. The number of carbonyl (C=O) groups excluding carboxylic acids is 2. The van der Waals surface area contributed by atoms with Gasteiger partial charge >= 0.3 is 17.9 Å². The smallest absolute Gasteiger partial charge is 0.371 e. The number of fused-ring (bicyclic) bond motifs is 1. The molecule has 0 fully saturated rings. The Morgan fingerprint density at radius 3 is 1.06 bits per heavy atom. The van der Waals surface area contributed by atoms with Gasteiger partial charge in [-0.3, -0.25) is 14.9 Å². The van der Waals surface area contributed by atoms with E-state index in [0.29, 0.717) is 11.1 Å². The van der Waals surface area contributed by atoms with Crippen LogP contribution in [0.3, 0.4) is 0 Å². The molecule has 1 aliphatic heterocycles. The Balaban J connectivity index is 0.000000167. The molecule has 3 aromatic heterocycles. The third-order valence-corrected chi connectivity index (χ3v) is 3.84. The molecule has 4 N–H and O–H groups in total. The molecule has 2 amide bonds. The zero-order valence-corrected chi connectivity index (χ0v) is 17.6. The number of hydrogen-bond acceptors (Lipinski definition) is 8. The zero-order valence-electron chi connectivity index (χ0n) is 17.6. The van der Waals surface area contributed by atoms with E-state index in [1.807, 2.05) is 0 Å². The van der Waals surface area contributed by atoms with Crippen molar-refractivity contribution in [3.8, 4) is 0 Å². The minimum atomic E-state index is -1.03. The average Bonchev–Trinajstić information content (AvgIpc) is 3.64. The van der Waals surface area contributed by atoms with E-state index in [4.69, 9.17) is 15.3 Å². The molecule has 12 heteroatoms. The molecule has 0 unspecified atom stereocenters. The minimum absolute atomic E-state index is 0.0231. The van der Waals surface area contributed by atoms with Gasteiger partial charge in [-0.2, -0.15) is 0 Å². The maximum atomic E-state index is 10.9. The highest BCUT2D eigenvalue weighted by atomic mass is 16.4. The van der Waals surface area contributed by atoms with Crippen molar-refractivity contribution in [2.75, 3.05) is 0 Å². The van der Waals surface area contributed by atoms with Gasteiger partial charge in [0.1, 0.15) is 0 Å². The summed E-state index contributed by atoms with van der Waals surface area (Å²) >= 11 is 0. The summed E-state index contributed by atoms with van der Waals surface area (Å²) in [5.74, 6) is -3.77. The van der Waals surface area contributed by atoms with Crippen molar-refractivity contribution >= 4 is 29.7 Å². The van der Waals surface area contributed by atoms with Gasteiger partial charge < -0.3 is 28.6 Å². The van der Waals surface area contributed by atoms with Crippen LogP contribution in [-0.2, 0) is 0 Å². The van der Waals surface area contributed by atoms with Crippen LogP contribution in [0.4, 0.5) is 0 Å². The Morgan fingerprint density at radius 1 is 0.543 bits per heavy atom. The summed E-state index contributed by atoms with van der Waals surface area (Å²) in [5, 5.41) is 26.7. The van der Waals surface area contributed by atoms with Crippen LogP contribution in [0.2, 0.25) is 0 Å². The molecular weight excluding hydrogens is 466 g/mol. The second-order valence-corrected chi connectivity index (χ2v) is 6.18. The van der Waals surface area contributed by atoms with Crippen molar-refractivity contribution in [3.05, 3.63) is 108 Å². The Bertz CT molecular complexity index is 1130. The second kappa shape index (κ2) is 12.6. The maximum Gasteiger partial charge on any atom is 0.371 e. The lowest BCUT2D eigenvalue weighted by atomic mass is 10.1. The van der Waals surface area contributed by atoms with Gasteiger partial charge in [-0.05, 0) is 48.5 Å². The minimum Gasteiger partial charge on any atom is -0.475 e. The third-order valence-electron chi connectivity index (χ3n) is 3.84. The number of imide groups is 1. The number of rotatable bonds is 3. The fourth-order valence-electron chi connectivity index (χ4n) is 2.32. The first-order chi connectivity index (χ1) is 16.7. The SMILES string of the molecule is O=C(O)c1ccco1.O=C(O)c1ccco1.O=C(O)c1ccco1.O=C1NC(=O)c2ccccc21. The van der Waals surface area contributed by atoms with Crippen molar-refractivity contribution in [3.63, 3.8) is 0 Å². The van der Waals surface area contributed by atoms with Gasteiger partial charge in [-0.15, -0.1) is 0 Å². The van der Waals surface area contributed by atoms with Crippen molar-refractivity contribution in [1.29, 1.82) is 0 Å². The summed E-state index contributed by atoms with van der Waals surface area (Å²) in [6.45, 7) is 0.